The second-order valence-electron chi connectivity index (χ2n) is 4.82. The molecule has 0 spiro atoms. The van der Waals surface area contributed by atoms with E-state index in [1.165, 1.54) is 10.7 Å². The molecule has 0 saturated heterocycles. The van der Waals surface area contributed by atoms with Crippen LogP contribution in [0.25, 0.3) is 16.9 Å². The molecule has 6 nitrogen and oxygen atoms in total. The van der Waals surface area contributed by atoms with E-state index in [1.807, 2.05) is 0 Å². The molecular weight excluding hydrogens is 330 g/mol. The van der Waals surface area contributed by atoms with Crippen molar-refractivity contribution in [3.05, 3.63) is 65.2 Å². The van der Waals surface area contributed by atoms with Crippen LogP contribution < -0.4 is 4.74 Å². The summed E-state index contributed by atoms with van der Waals surface area (Å²) in [6, 6.07) is 17.4. The number of carbonyl (C=O) groups is 1. The maximum atomic E-state index is 10.8. The van der Waals surface area contributed by atoms with Crippen LogP contribution in [0, 0.1) is 11.3 Å². The first kappa shape index (κ1) is 15.6. The number of ether oxygens (including phenoxy) is 1. The minimum atomic E-state index is -1.46. The van der Waals surface area contributed by atoms with Crippen molar-refractivity contribution in [3.8, 4) is 28.9 Å². The van der Waals surface area contributed by atoms with Crippen LogP contribution in [0.1, 0.15) is 5.56 Å². The maximum Gasteiger partial charge on any atom is 0.512 e. The molecule has 1 heterocycles. The van der Waals surface area contributed by atoms with Crippen LogP contribution in [0.5, 0.6) is 5.88 Å². The van der Waals surface area contributed by atoms with E-state index in [2.05, 4.69) is 15.9 Å². The van der Waals surface area contributed by atoms with Gasteiger partial charge in [0.2, 0.25) is 5.88 Å². The van der Waals surface area contributed by atoms with Crippen molar-refractivity contribution in [1.82, 2.24) is 9.78 Å². The third kappa shape index (κ3) is 3.21. The number of aromatic nitrogens is 2. The molecule has 1 aromatic heterocycles. The van der Waals surface area contributed by atoms with Gasteiger partial charge in [0.25, 0.3) is 0 Å². The fraction of sp³-hybridized carbons (Fsp3) is 0. The minimum absolute atomic E-state index is 0.0696. The Bertz CT molecular complexity index is 960. The van der Waals surface area contributed by atoms with Gasteiger partial charge in [-0.05, 0) is 30.3 Å². The first-order valence-corrected chi connectivity index (χ1v) is 7.22. The Morgan fingerprint density at radius 3 is 2.71 bits per heavy atom. The van der Waals surface area contributed by atoms with E-state index in [9.17, 15) is 4.79 Å². The lowest BCUT2D eigenvalue weighted by atomic mass is 10.1. The Morgan fingerprint density at radius 1 is 1.21 bits per heavy atom. The van der Waals surface area contributed by atoms with Crippen molar-refractivity contribution in [2.75, 3.05) is 0 Å². The Kier molecular flexibility index (Phi) is 4.18. The summed E-state index contributed by atoms with van der Waals surface area (Å²) in [7, 11) is 0. The van der Waals surface area contributed by atoms with Gasteiger partial charge in [0.1, 0.15) is 0 Å². The molecule has 3 rings (SSSR count). The van der Waals surface area contributed by atoms with Gasteiger partial charge in [0.05, 0.1) is 23.0 Å². The van der Waals surface area contributed by atoms with E-state index >= 15 is 0 Å². The monoisotopic (exact) mass is 339 g/mol. The number of carboxylic acid groups (broad SMARTS) is 1. The van der Waals surface area contributed by atoms with Gasteiger partial charge in [-0.2, -0.15) is 5.26 Å². The first-order chi connectivity index (χ1) is 11.6. The average molecular weight is 340 g/mol. The van der Waals surface area contributed by atoms with Crippen LogP contribution in [0.15, 0.2) is 54.6 Å². The molecule has 0 fully saturated rings. The van der Waals surface area contributed by atoms with Gasteiger partial charge >= 0.3 is 6.16 Å². The maximum absolute atomic E-state index is 10.8. The summed E-state index contributed by atoms with van der Waals surface area (Å²) in [4.78, 5) is 10.8. The van der Waals surface area contributed by atoms with Gasteiger partial charge in [-0.1, -0.05) is 29.8 Å². The second kappa shape index (κ2) is 6.44. The Morgan fingerprint density at radius 2 is 2.00 bits per heavy atom. The number of nitrogens with zero attached hydrogens (tertiary/aromatic N) is 3. The molecule has 0 radical (unpaired) electrons. The third-order valence-electron chi connectivity index (χ3n) is 3.22. The highest BCUT2D eigenvalue weighted by atomic mass is 35.5. The number of nitriles is 1. The first-order valence-electron chi connectivity index (χ1n) is 6.84. The van der Waals surface area contributed by atoms with Gasteiger partial charge in [0.15, 0.2) is 0 Å². The summed E-state index contributed by atoms with van der Waals surface area (Å²) in [6.45, 7) is 0. The topological polar surface area (TPSA) is 88.1 Å². The number of hydrogen-bond donors (Lipinski definition) is 1. The summed E-state index contributed by atoms with van der Waals surface area (Å²) in [6.07, 6.45) is -1.46. The fourth-order valence-electron chi connectivity index (χ4n) is 2.26. The number of benzene rings is 2. The highest BCUT2D eigenvalue weighted by Crippen LogP contribution is 2.28. The lowest BCUT2D eigenvalue weighted by Gasteiger charge is -2.08. The predicted octanol–water partition coefficient (Wildman–Crippen LogP) is 4.12. The van der Waals surface area contributed by atoms with Gasteiger partial charge in [-0.3, -0.25) is 0 Å². The van der Waals surface area contributed by atoms with E-state index in [0.717, 1.165) is 0 Å². The van der Waals surface area contributed by atoms with E-state index in [4.69, 9.17) is 22.0 Å². The highest BCUT2D eigenvalue weighted by Gasteiger charge is 2.15. The van der Waals surface area contributed by atoms with Crippen molar-refractivity contribution in [3.63, 3.8) is 0 Å². The van der Waals surface area contributed by atoms with Crippen molar-refractivity contribution < 1.29 is 14.6 Å². The Hall–Kier alpha value is -3.30. The molecule has 0 atom stereocenters. The molecule has 118 valence electrons. The molecule has 24 heavy (non-hydrogen) atoms. The van der Waals surface area contributed by atoms with Crippen LogP contribution in [-0.2, 0) is 0 Å². The van der Waals surface area contributed by atoms with Gasteiger partial charge < -0.3 is 9.84 Å². The van der Waals surface area contributed by atoms with E-state index < -0.39 is 6.16 Å². The summed E-state index contributed by atoms with van der Waals surface area (Å²) in [5.41, 5.74) is 2.39. The molecule has 0 aliphatic carbocycles. The summed E-state index contributed by atoms with van der Waals surface area (Å²) in [5, 5.41) is 22.5. The van der Waals surface area contributed by atoms with Crippen LogP contribution in [0.4, 0.5) is 4.79 Å². The zero-order valence-corrected chi connectivity index (χ0v) is 12.9. The van der Waals surface area contributed by atoms with Gasteiger partial charge in [0, 0.05) is 16.7 Å². The van der Waals surface area contributed by atoms with Crippen molar-refractivity contribution >= 4 is 17.8 Å². The van der Waals surface area contributed by atoms with E-state index in [-0.39, 0.29) is 5.88 Å². The molecule has 0 unspecified atom stereocenters. The van der Waals surface area contributed by atoms with Gasteiger partial charge in [-0.15, -0.1) is 5.10 Å². The van der Waals surface area contributed by atoms with Crippen molar-refractivity contribution in [2.45, 2.75) is 0 Å². The minimum Gasteiger partial charge on any atom is -0.449 e. The lowest BCUT2D eigenvalue weighted by Crippen LogP contribution is -2.04. The van der Waals surface area contributed by atoms with Crippen LogP contribution in [-0.4, -0.2) is 21.0 Å². The largest absolute Gasteiger partial charge is 0.512 e. The zero-order valence-electron chi connectivity index (χ0n) is 12.2. The van der Waals surface area contributed by atoms with E-state index in [0.29, 0.717) is 27.5 Å². The Labute approximate surface area is 142 Å². The molecule has 0 saturated carbocycles. The normalized spacial score (nSPS) is 10.2. The smallest absolute Gasteiger partial charge is 0.449 e. The molecule has 0 aliphatic heterocycles. The number of hydrogen-bond acceptors (Lipinski definition) is 4. The van der Waals surface area contributed by atoms with Crippen molar-refractivity contribution in [2.24, 2.45) is 0 Å². The summed E-state index contributed by atoms with van der Waals surface area (Å²) in [5.74, 6) is -0.0696. The quantitative estimate of drug-likeness (QED) is 0.725. The molecule has 3 aromatic rings. The fourth-order valence-corrected chi connectivity index (χ4v) is 2.44. The number of rotatable bonds is 3. The molecule has 0 bridgehead atoms. The van der Waals surface area contributed by atoms with Crippen LogP contribution in [0.3, 0.4) is 0 Å². The standard InChI is InChI=1S/C17H10ClN3O3/c18-13-5-2-6-14(8-13)21-15(9-16(20-21)24-17(22)23)12-4-1-3-11(7-12)10-19/h1-9H,(H,22,23). The molecule has 0 amide bonds. The highest BCUT2D eigenvalue weighted by molar-refractivity contribution is 6.30. The van der Waals surface area contributed by atoms with E-state index in [1.54, 1.807) is 48.5 Å². The predicted molar refractivity (Wildman–Crippen MR) is 87.4 cm³/mol. The van der Waals surface area contributed by atoms with Crippen LogP contribution in [0.2, 0.25) is 5.02 Å². The molecule has 7 heteroatoms. The second-order valence-corrected chi connectivity index (χ2v) is 5.26. The number of halogens is 1. The zero-order chi connectivity index (χ0) is 17.1. The molecule has 1 N–H and O–H groups in total. The average Bonchev–Trinajstić information content (AvgIpc) is 2.98. The van der Waals surface area contributed by atoms with Crippen LogP contribution >= 0.6 is 11.6 Å². The molecule has 0 aliphatic rings. The van der Waals surface area contributed by atoms with Gasteiger partial charge in [-0.25, -0.2) is 9.48 Å². The summed E-state index contributed by atoms with van der Waals surface area (Å²) < 4.78 is 6.17. The molecular formula is C17H10ClN3O3. The summed E-state index contributed by atoms with van der Waals surface area (Å²) >= 11 is 6.02. The SMILES string of the molecule is N#Cc1cccc(-c2cc(OC(=O)O)nn2-c2cccc(Cl)c2)c1. The third-order valence-corrected chi connectivity index (χ3v) is 3.45. The molecule has 2 aromatic carbocycles. The lowest BCUT2D eigenvalue weighted by molar-refractivity contribution is 0.142. The Balaban J connectivity index is 2.17. The van der Waals surface area contributed by atoms with Crippen molar-refractivity contribution in [1.29, 1.82) is 5.26 Å².